The maximum atomic E-state index is 11.6. The van der Waals surface area contributed by atoms with Crippen LogP contribution in [0.15, 0.2) is 0 Å². The molecule has 5 nitrogen and oxygen atoms in total. The molecule has 0 aromatic carbocycles. The first-order valence-electron chi connectivity index (χ1n) is 7.70. The van der Waals surface area contributed by atoms with E-state index in [4.69, 9.17) is 15.2 Å². The zero-order valence-electron chi connectivity index (χ0n) is 13.2. The van der Waals surface area contributed by atoms with Crippen molar-refractivity contribution in [1.82, 2.24) is 4.90 Å². The van der Waals surface area contributed by atoms with Crippen LogP contribution in [0.2, 0.25) is 0 Å². The third kappa shape index (κ3) is 7.70. The van der Waals surface area contributed by atoms with Crippen molar-refractivity contribution in [3.8, 4) is 0 Å². The van der Waals surface area contributed by atoms with Crippen LogP contribution in [-0.4, -0.2) is 48.9 Å². The van der Waals surface area contributed by atoms with Crippen LogP contribution in [-0.2, 0) is 9.47 Å². The summed E-state index contributed by atoms with van der Waals surface area (Å²) in [6.45, 7) is 9.06. The predicted molar refractivity (Wildman–Crippen MR) is 79.7 cm³/mol. The average molecular weight is 286 g/mol. The van der Waals surface area contributed by atoms with Gasteiger partial charge in [0.15, 0.2) is 0 Å². The third-order valence-electron chi connectivity index (χ3n) is 3.27. The summed E-state index contributed by atoms with van der Waals surface area (Å²) < 4.78 is 10.3. The van der Waals surface area contributed by atoms with E-state index in [9.17, 15) is 4.79 Å². The lowest BCUT2D eigenvalue weighted by molar-refractivity contribution is 0.0207. The van der Waals surface area contributed by atoms with E-state index in [2.05, 4.69) is 0 Å². The molecule has 2 aliphatic rings. The van der Waals surface area contributed by atoms with Gasteiger partial charge in [-0.3, -0.25) is 0 Å². The SMILES string of the molecule is C1CCOCC1.CC(C)(C)OC(=O)N1CCC(N)CC1. The van der Waals surface area contributed by atoms with Crippen LogP contribution < -0.4 is 5.73 Å². The van der Waals surface area contributed by atoms with Gasteiger partial charge in [0.2, 0.25) is 0 Å². The molecule has 20 heavy (non-hydrogen) atoms. The number of amides is 1. The summed E-state index contributed by atoms with van der Waals surface area (Å²) >= 11 is 0. The van der Waals surface area contributed by atoms with Gasteiger partial charge in [-0.25, -0.2) is 4.79 Å². The first kappa shape index (κ1) is 17.2. The molecule has 2 heterocycles. The molecular formula is C15H30N2O3. The summed E-state index contributed by atoms with van der Waals surface area (Å²) in [6, 6.07) is 0.244. The molecule has 2 fully saturated rings. The standard InChI is InChI=1S/C10H20N2O2.C5H10O/c1-10(2,3)14-9(13)12-6-4-8(11)5-7-12;1-2-4-6-5-3-1/h8H,4-7,11H2,1-3H3;1-5H2. The van der Waals surface area contributed by atoms with E-state index in [1.165, 1.54) is 19.3 Å². The lowest BCUT2D eigenvalue weighted by atomic mass is 10.1. The number of nitrogens with two attached hydrogens (primary N) is 1. The Morgan fingerprint density at radius 2 is 1.70 bits per heavy atom. The van der Waals surface area contributed by atoms with E-state index < -0.39 is 5.60 Å². The molecule has 2 N–H and O–H groups in total. The van der Waals surface area contributed by atoms with E-state index in [1.807, 2.05) is 20.8 Å². The zero-order chi connectivity index (χ0) is 15.0. The summed E-state index contributed by atoms with van der Waals surface area (Å²) in [4.78, 5) is 13.3. The Kier molecular flexibility index (Phi) is 7.30. The van der Waals surface area contributed by atoms with E-state index in [0.717, 1.165) is 39.1 Å². The van der Waals surface area contributed by atoms with Gasteiger partial charge in [0, 0.05) is 32.3 Å². The Hall–Kier alpha value is -0.810. The fourth-order valence-electron chi connectivity index (χ4n) is 2.10. The molecule has 0 spiro atoms. The van der Waals surface area contributed by atoms with Gasteiger partial charge in [-0.05, 0) is 52.9 Å². The van der Waals surface area contributed by atoms with Crippen molar-refractivity contribution in [3.63, 3.8) is 0 Å². The number of likely N-dealkylation sites (tertiary alicyclic amines) is 1. The van der Waals surface area contributed by atoms with Crippen molar-refractivity contribution in [1.29, 1.82) is 0 Å². The summed E-state index contributed by atoms with van der Waals surface area (Å²) in [5, 5.41) is 0. The van der Waals surface area contributed by atoms with Crippen molar-refractivity contribution in [2.24, 2.45) is 5.73 Å². The fraction of sp³-hybridized carbons (Fsp3) is 0.933. The van der Waals surface area contributed by atoms with Crippen LogP contribution in [0, 0.1) is 0 Å². The van der Waals surface area contributed by atoms with E-state index in [-0.39, 0.29) is 12.1 Å². The van der Waals surface area contributed by atoms with Gasteiger partial charge in [-0.1, -0.05) is 0 Å². The molecule has 0 bridgehead atoms. The molecule has 2 rings (SSSR count). The van der Waals surface area contributed by atoms with Gasteiger partial charge in [0.1, 0.15) is 5.60 Å². The van der Waals surface area contributed by atoms with E-state index in [0.29, 0.717) is 0 Å². The lowest BCUT2D eigenvalue weighted by Gasteiger charge is -2.32. The minimum atomic E-state index is -0.406. The van der Waals surface area contributed by atoms with Crippen LogP contribution >= 0.6 is 0 Å². The minimum absolute atomic E-state index is 0.218. The van der Waals surface area contributed by atoms with Gasteiger partial charge in [0.05, 0.1) is 0 Å². The number of carbonyl (C=O) groups excluding carboxylic acids is 1. The topological polar surface area (TPSA) is 64.8 Å². The molecule has 0 atom stereocenters. The maximum absolute atomic E-state index is 11.6. The number of ether oxygens (including phenoxy) is 2. The predicted octanol–water partition coefficient (Wildman–Crippen LogP) is 2.53. The lowest BCUT2D eigenvalue weighted by Crippen LogP contribution is -2.44. The normalized spacial score (nSPS) is 20.9. The second-order valence-corrected chi connectivity index (χ2v) is 6.48. The van der Waals surface area contributed by atoms with Crippen molar-refractivity contribution in [2.45, 2.75) is 64.5 Å². The Balaban J connectivity index is 0.000000276. The first-order valence-corrected chi connectivity index (χ1v) is 7.70. The summed E-state index contributed by atoms with van der Waals surface area (Å²) in [5.41, 5.74) is 5.34. The highest BCUT2D eigenvalue weighted by Crippen LogP contribution is 2.14. The monoisotopic (exact) mass is 286 g/mol. The summed E-state index contributed by atoms with van der Waals surface area (Å²) in [6.07, 6.45) is 5.46. The Bertz CT molecular complexity index is 266. The van der Waals surface area contributed by atoms with Gasteiger partial charge >= 0.3 is 6.09 Å². The van der Waals surface area contributed by atoms with Crippen LogP contribution in [0.4, 0.5) is 4.79 Å². The highest BCUT2D eigenvalue weighted by molar-refractivity contribution is 5.68. The van der Waals surface area contributed by atoms with Crippen molar-refractivity contribution < 1.29 is 14.3 Å². The van der Waals surface area contributed by atoms with Gasteiger partial charge < -0.3 is 20.1 Å². The zero-order valence-corrected chi connectivity index (χ0v) is 13.2. The van der Waals surface area contributed by atoms with Crippen molar-refractivity contribution >= 4 is 6.09 Å². The van der Waals surface area contributed by atoms with Gasteiger partial charge in [-0.2, -0.15) is 0 Å². The molecule has 2 saturated heterocycles. The van der Waals surface area contributed by atoms with Crippen LogP contribution in [0.25, 0.3) is 0 Å². The molecular weight excluding hydrogens is 256 g/mol. The van der Waals surface area contributed by atoms with Gasteiger partial charge in [-0.15, -0.1) is 0 Å². The quantitative estimate of drug-likeness (QED) is 0.743. The molecule has 0 aromatic rings. The average Bonchev–Trinajstić information content (AvgIpc) is 2.40. The molecule has 118 valence electrons. The number of piperidine rings is 1. The van der Waals surface area contributed by atoms with Crippen LogP contribution in [0.5, 0.6) is 0 Å². The Morgan fingerprint density at radius 1 is 1.15 bits per heavy atom. The Morgan fingerprint density at radius 3 is 2.05 bits per heavy atom. The first-order chi connectivity index (χ1) is 9.38. The molecule has 0 aliphatic carbocycles. The maximum Gasteiger partial charge on any atom is 0.410 e. The smallest absolute Gasteiger partial charge is 0.410 e. The highest BCUT2D eigenvalue weighted by atomic mass is 16.6. The molecule has 2 aliphatic heterocycles. The molecule has 0 aromatic heterocycles. The number of hydrogen-bond acceptors (Lipinski definition) is 4. The molecule has 5 heteroatoms. The number of rotatable bonds is 0. The van der Waals surface area contributed by atoms with Gasteiger partial charge in [0.25, 0.3) is 0 Å². The van der Waals surface area contributed by atoms with Crippen LogP contribution in [0.3, 0.4) is 0 Å². The molecule has 0 saturated carbocycles. The molecule has 0 unspecified atom stereocenters. The van der Waals surface area contributed by atoms with Crippen molar-refractivity contribution in [3.05, 3.63) is 0 Å². The molecule has 0 radical (unpaired) electrons. The van der Waals surface area contributed by atoms with Crippen LogP contribution in [0.1, 0.15) is 52.9 Å². The second-order valence-electron chi connectivity index (χ2n) is 6.48. The number of hydrogen-bond donors (Lipinski definition) is 1. The number of nitrogens with zero attached hydrogens (tertiary/aromatic N) is 1. The highest BCUT2D eigenvalue weighted by Gasteiger charge is 2.25. The number of carbonyl (C=O) groups is 1. The third-order valence-corrected chi connectivity index (χ3v) is 3.27. The van der Waals surface area contributed by atoms with E-state index >= 15 is 0 Å². The Labute approximate surface area is 122 Å². The largest absolute Gasteiger partial charge is 0.444 e. The second kappa shape index (κ2) is 8.47. The van der Waals surface area contributed by atoms with E-state index in [1.54, 1.807) is 4.90 Å². The minimum Gasteiger partial charge on any atom is -0.444 e. The van der Waals surface area contributed by atoms with Crippen molar-refractivity contribution in [2.75, 3.05) is 26.3 Å². The fourth-order valence-corrected chi connectivity index (χ4v) is 2.10. The molecule has 1 amide bonds. The summed E-state index contributed by atoms with van der Waals surface area (Å²) in [5.74, 6) is 0. The summed E-state index contributed by atoms with van der Waals surface area (Å²) in [7, 11) is 0.